The van der Waals surface area contributed by atoms with Crippen molar-refractivity contribution in [3.05, 3.63) is 68.9 Å². The van der Waals surface area contributed by atoms with Gasteiger partial charge in [0.05, 0.1) is 6.10 Å². The topological polar surface area (TPSA) is 20.2 Å². The summed E-state index contributed by atoms with van der Waals surface area (Å²) < 4.78 is 14.5. The van der Waals surface area contributed by atoms with Crippen molar-refractivity contribution in [3.63, 3.8) is 0 Å². The lowest BCUT2D eigenvalue weighted by atomic mass is 9.96. The molecule has 2 aromatic carbocycles. The van der Waals surface area contributed by atoms with E-state index in [0.717, 1.165) is 16.7 Å². The molecule has 2 aromatic rings. The zero-order valence-corrected chi connectivity index (χ0v) is 12.5. The van der Waals surface area contributed by atoms with Crippen LogP contribution in [-0.2, 0) is 6.42 Å². The fourth-order valence-corrected chi connectivity index (χ4v) is 2.46. The highest BCUT2D eigenvalue weighted by Crippen LogP contribution is 2.25. The zero-order valence-electron chi connectivity index (χ0n) is 11.0. The molecule has 2 rings (SSSR count). The van der Waals surface area contributed by atoms with Gasteiger partial charge in [-0.25, -0.2) is 4.39 Å². The minimum atomic E-state index is -0.685. The van der Waals surface area contributed by atoms with Crippen molar-refractivity contribution in [2.75, 3.05) is 0 Å². The van der Waals surface area contributed by atoms with E-state index in [4.69, 9.17) is 0 Å². The third-order valence-electron chi connectivity index (χ3n) is 3.22. The molecule has 0 bridgehead atoms. The van der Waals surface area contributed by atoms with Crippen LogP contribution in [0.15, 0.2) is 40.9 Å². The molecule has 1 nitrogen and oxygen atoms in total. The maximum absolute atomic E-state index is 13.8. The first-order valence-corrected chi connectivity index (χ1v) is 6.96. The van der Waals surface area contributed by atoms with Crippen molar-refractivity contribution in [1.82, 2.24) is 0 Å². The van der Waals surface area contributed by atoms with Crippen LogP contribution in [0.5, 0.6) is 0 Å². The second-order valence-corrected chi connectivity index (χ2v) is 5.73. The first-order valence-electron chi connectivity index (χ1n) is 6.16. The Morgan fingerprint density at radius 1 is 1.16 bits per heavy atom. The lowest BCUT2D eigenvalue weighted by molar-refractivity contribution is 0.176. The molecule has 1 N–H and O–H groups in total. The summed E-state index contributed by atoms with van der Waals surface area (Å²) >= 11 is 3.23. The van der Waals surface area contributed by atoms with Gasteiger partial charge in [0.25, 0.3) is 0 Å². The Hall–Kier alpha value is -1.19. The van der Waals surface area contributed by atoms with Crippen LogP contribution in [0.1, 0.15) is 28.4 Å². The number of halogens is 2. The molecule has 3 heteroatoms. The molecule has 0 spiro atoms. The van der Waals surface area contributed by atoms with E-state index in [9.17, 15) is 9.50 Å². The molecular weight excluding hydrogens is 307 g/mol. The number of aryl methyl sites for hydroxylation is 2. The van der Waals surface area contributed by atoms with Gasteiger partial charge in [-0.15, -0.1) is 0 Å². The Morgan fingerprint density at radius 2 is 1.89 bits per heavy atom. The highest BCUT2D eigenvalue weighted by molar-refractivity contribution is 9.10. The molecule has 0 fully saturated rings. The number of aliphatic hydroxyl groups is 1. The maximum Gasteiger partial charge on any atom is 0.127 e. The van der Waals surface area contributed by atoms with E-state index < -0.39 is 6.10 Å². The van der Waals surface area contributed by atoms with Crippen LogP contribution in [0, 0.1) is 19.7 Å². The summed E-state index contributed by atoms with van der Waals surface area (Å²) in [6, 6.07) is 10.8. The van der Waals surface area contributed by atoms with Crippen LogP contribution in [0.25, 0.3) is 0 Å². The van der Waals surface area contributed by atoms with E-state index in [1.165, 1.54) is 6.07 Å². The number of aliphatic hydroxyl groups excluding tert-OH is 1. The normalized spacial score (nSPS) is 12.5. The Labute approximate surface area is 121 Å². The fourth-order valence-electron chi connectivity index (χ4n) is 2.12. The Morgan fingerprint density at radius 3 is 2.58 bits per heavy atom. The molecule has 1 unspecified atom stereocenters. The van der Waals surface area contributed by atoms with E-state index in [1.54, 1.807) is 12.1 Å². The van der Waals surface area contributed by atoms with E-state index in [0.29, 0.717) is 10.0 Å². The summed E-state index contributed by atoms with van der Waals surface area (Å²) in [5, 5.41) is 10.3. The first-order chi connectivity index (χ1) is 8.97. The molecule has 0 saturated heterocycles. The monoisotopic (exact) mass is 322 g/mol. The molecular formula is C16H16BrFO. The molecule has 100 valence electrons. The van der Waals surface area contributed by atoms with Gasteiger partial charge in [-0.1, -0.05) is 45.8 Å². The second-order valence-electron chi connectivity index (χ2n) is 4.82. The maximum atomic E-state index is 13.8. The van der Waals surface area contributed by atoms with E-state index in [1.807, 2.05) is 32.0 Å². The minimum absolute atomic E-state index is 0.281. The second kappa shape index (κ2) is 5.85. The Balaban J connectivity index is 2.25. The molecule has 0 radical (unpaired) electrons. The zero-order chi connectivity index (χ0) is 14.0. The molecule has 0 aliphatic heterocycles. The van der Waals surface area contributed by atoms with Crippen LogP contribution in [0.3, 0.4) is 0 Å². The number of hydrogen-bond acceptors (Lipinski definition) is 1. The molecule has 1 atom stereocenters. The van der Waals surface area contributed by atoms with Gasteiger partial charge in [-0.2, -0.15) is 0 Å². The third kappa shape index (κ3) is 3.43. The summed E-state index contributed by atoms with van der Waals surface area (Å²) in [7, 11) is 0. The SMILES string of the molecule is Cc1ccc(C)c(C(O)Cc2ccc(Br)cc2F)c1. The Bertz CT molecular complexity index is 595. The third-order valence-corrected chi connectivity index (χ3v) is 3.72. The van der Waals surface area contributed by atoms with Gasteiger partial charge in [0.2, 0.25) is 0 Å². The minimum Gasteiger partial charge on any atom is -0.388 e. The van der Waals surface area contributed by atoms with Crippen molar-refractivity contribution in [1.29, 1.82) is 0 Å². The quantitative estimate of drug-likeness (QED) is 0.883. The summed E-state index contributed by atoms with van der Waals surface area (Å²) in [5.41, 5.74) is 3.51. The van der Waals surface area contributed by atoms with Gasteiger partial charge in [-0.05, 0) is 42.7 Å². The summed E-state index contributed by atoms with van der Waals surface area (Å²) in [6.45, 7) is 3.94. The van der Waals surface area contributed by atoms with Crippen LogP contribution < -0.4 is 0 Å². The smallest absolute Gasteiger partial charge is 0.127 e. The molecule has 0 saturated carbocycles. The molecule has 19 heavy (non-hydrogen) atoms. The van der Waals surface area contributed by atoms with Gasteiger partial charge in [-0.3, -0.25) is 0 Å². The predicted molar refractivity (Wildman–Crippen MR) is 78.7 cm³/mol. The first kappa shape index (κ1) is 14.2. The van der Waals surface area contributed by atoms with Crippen LogP contribution in [-0.4, -0.2) is 5.11 Å². The highest BCUT2D eigenvalue weighted by atomic mass is 79.9. The van der Waals surface area contributed by atoms with Gasteiger partial charge >= 0.3 is 0 Å². The predicted octanol–water partition coefficient (Wildman–Crippen LogP) is 4.48. The molecule has 0 heterocycles. The van der Waals surface area contributed by atoms with Crippen molar-refractivity contribution in [2.24, 2.45) is 0 Å². The number of benzene rings is 2. The van der Waals surface area contributed by atoms with Crippen molar-refractivity contribution >= 4 is 15.9 Å². The van der Waals surface area contributed by atoms with Crippen LogP contribution in [0.4, 0.5) is 4.39 Å². The van der Waals surface area contributed by atoms with Crippen molar-refractivity contribution in [2.45, 2.75) is 26.4 Å². The van der Waals surface area contributed by atoms with Gasteiger partial charge in [0, 0.05) is 10.9 Å². The van der Waals surface area contributed by atoms with Crippen molar-refractivity contribution < 1.29 is 9.50 Å². The fraction of sp³-hybridized carbons (Fsp3) is 0.250. The molecule has 0 aromatic heterocycles. The molecule has 0 aliphatic rings. The lowest BCUT2D eigenvalue weighted by Gasteiger charge is -2.15. The lowest BCUT2D eigenvalue weighted by Crippen LogP contribution is -2.05. The number of rotatable bonds is 3. The Kier molecular flexibility index (Phi) is 4.38. The van der Waals surface area contributed by atoms with Crippen LogP contribution >= 0.6 is 15.9 Å². The molecule has 0 amide bonds. The number of hydrogen-bond donors (Lipinski definition) is 1. The molecule has 0 aliphatic carbocycles. The largest absolute Gasteiger partial charge is 0.388 e. The van der Waals surface area contributed by atoms with Gasteiger partial charge < -0.3 is 5.11 Å². The summed E-state index contributed by atoms with van der Waals surface area (Å²) in [6.07, 6.45) is -0.403. The summed E-state index contributed by atoms with van der Waals surface area (Å²) in [4.78, 5) is 0. The van der Waals surface area contributed by atoms with E-state index in [2.05, 4.69) is 15.9 Å². The van der Waals surface area contributed by atoms with Gasteiger partial charge in [0.1, 0.15) is 5.82 Å². The standard InChI is InChI=1S/C16H16BrFO/c1-10-3-4-11(2)14(7-10)16(19)8-12-5-6-13(17)9-15(12)18/h3-7,9,16,19H,8H2,1-2H3. The van der Waals surface area contributed by atoms with Crippen molar-refractivity contribution in [3.8, 4) is 0 Å². The summed E-state index contributed by atoms with van der Waals surface area (Å²) in [5.74, 6) is -0.293. The van der Waals surface area contributed by atoms with E-state index >= 15 is 0 Å². The van der Waals surface area contributed by atoms with Gasteiger partial charge in [0.15, 0.2) is 0 Å². The van der Waals surface area contributed by atoms with E-state index in [-0.39, 0.29) is 12.2 Å². The average Bonchev–Trinajstić information content (AvgIpc) is 2.35. The van der Waals surface area contributed by atoms with Crippen LogP contribution in [0.2, 0.25) is 0 Å². The highest BCUT2D eigenvalue weighted by Gasteiger charge is 2.14. The average molecular weight is 323 g/mol.